The van der Waals surface area contributed by atoms with Crippen LogP contribution < -0.4 is 15.0 Å². The normalized spacial score (nSPS) is 14.5. The van der Waals surface area contributed by atoms with Crippen molar-refractivity contribution in [3.63, 3.8) is 0 Å². The highest BCUT2D eigenvalue weighted by atomic mass is 32.2. The molecule has 4 aromatic rings. The quantitative estimate of drug-likeness (QED) is 0.257. The van der Waals surface area contributed by atoms with Crippen molar-refractivity contribution in [2.24, 2.45) is 4.99 Å². The zero-order chi connectivity index (χ0) is 29.9. The minimum Gasteiger partial charge on any atom is -0.406 e. The number of aliphatic imine (C=N–C) groups is 1. The molecule has 0 atom stereocenters. The summed E-state index contributed by atoms with van der Waals surface area (Å²) in [6.07, 6.45) is -2.61. The summed E-state index contributed by atoms with van der Waals surface area (Å²) >= 11 is 6.82. The second-order valence-corrected chi connectivity index (χ2v) is 10.8. The van der Waals surface area contributed by atoms with Crippen LogP contribution in [0.5, 0.6) is 5.75 Å². The van der Waals surface area contributed by atoms with Gasteiger partial charge >= 0.3 is 6.36 Å². The van der Waals surface area contributed by atoms with Gasteiger partial charge in [0, 0.05) is 12.1 Å². The fourth-order valence-electron chi connectivity index (χ4n) is 4.27. The molecule has 0 radical (unpaired) electrons. The van der Waals surface area contributed by atoms with E-state index in [4.69, 9.17) is 12.2 Å². The van der Waals surface area contributed by atoms with Crippen LogP contribution in [0.15, 0.2) is 78.0 Å². The van der Waals surface area contributed by atoms with Crippen molar-refractivity contribution < 1.29 is 22.7 Å². The van der Waals surface area contributed by atoms with Gasteiger partial charge in [0.25, 0.3) is 0 Å². The number of amidine groups is 1. The molecule has 0 spiro atoms. The molecular weight excluding hydrogens is 585 g/mol. The summed E-state index contributed by atoms with van der Waals surface area (Å²) in [5.41, 5.74) is 5.19. The monoisotopic (exact) mass is 610 g/mol. The molecule has 1 aliphatic rings. The van der Waals surface area contributed by atoms with Crippen LogP contribution >= 0.6 is 24.0 Å². The molecule has 2 heterocycles. The summed E-state index contributed by atoms with van der Waals surface area (Å²) in [6.45, 7) is 4.46. The molecular formula is C29H25F3N6O2S2. The SMILES string of the molecule is Cc1ccc(C)c(N2C(=O)CSC2=NC(=S)NCCc2cccc(-c3ncn(-c4ccc(OC(F)(F)F)cc4)n3)c2)c1. The summed E-state index contributed by atoms with van der Waals surface area (Å²) in [5.74, 6) is 0.434. The Kier molecular flexibility index (Phi) is 8.59. The lowest BCUT2D eigenvalue weighted by Crippen LogP contribution is -2.32. The van der Waals surface area contributed by atoms with Crippen LogP contribution in [0.4, 0.5) is 18.9 Å². The molecule has 1 aromatic heterocycles. The number of hydrogen-bond donors (Lipinski definition) is 1. The molecule has 1 aliphatic heterocycles. The Labute approximate surface area is 249 Å². The van der Waals surface area contributed by atoms with E-state index in [2.05, 4.69) is 25.1 Å². The van der Waals surface area contributed by atoms with Gasteiger partial charge < -0.3 is 10.1 Å². The number of ether oxygens (including phenoxy) is 1. The second kappa shape index (κ2) is 12.3. The number of hydrogen-bond acceptors (Lipinski definition) is 6. The highest BCUT2D eigenvalue weighted by Crippen LogP contribution is 2.30. The number of alkyl halides is 3. The number of carbonyl (C=O) groups is 1. The Morgan fingerprint density at radius 1 is 1.12 bits per heavy atom. The molecule has 5 rings (SSSR count). The molecule has 1 N–H and O–H groups in total. The Morgan fingerprint density at radius 2 is 1.90 bits per heavy atom. The number of anilines is 1. The summed E-state index contributed by atoms with van der Waals surface area (Å²) in [6, 6.07) is 19.1. The number of halogens is 3. The number of aromatic nitrogens is 3. The minimum atomic E-state index is -4.75. The van der Waals surface area contributed by atoms with E-state index in [1.54, 1.807) is 4.90 Å². The van der Waals surface area contributed by atoms with Crippen LogP contribution in [0.25, 0.3) is 17.1 Å². The third-order valence-electron chi connectivity index (χ3n) is 6.27. The molecule has 13 heteroatoms. The van der Waals surface area contributed by atoms with Crippen molar-refractivity contribution in [2.45, 2.75) is 26.6 Å². The average Bonchev–Trinajstić information content (AvgIpc) is 3.57. The maximum Gasteiger partial charge on any atom is 0.573 e. The van der Waals surface area contributed by atoms with Crippen LogP contribution in [0, 0.1) is 13.8 Å². The summed E-state index contributed by atoms with van der Waals surface area (Å²) < 4.78 is 42.6. The van der Waals surface area contributed by atoms with E-state index >= 15 is 0 Å². The first-order chi connectivity index (χ1) is 20.1. The van der Waals surface area contributed by atoms with Crippen molar-refractivity contribution in [3.05, 3.63) is 89.7 Å². The number of amides is 1. The zero-order valence-corrected chi connectivity index (χ0v) is 24.2. The van der Waals surface area contributed by atoms with Gasteiger partial charge in [-0.25, -0.2) is 9.67 Å². The zero-order valence-electron chi connectivity index (χ0n) is 22.6. The van der Waals surface area contributed by atoms with Crippen LogP contribution in [0.3, 0.4) is 0 Å². The molecule has 42 heavy (non-hydrogen) atoms. The van der Waals surface area contributed by atoms with Gasteiger partial charge in [0.1, 0.15) is 12.1 Å². The number of aryl methyl sites for hydroxylation is 2. The lowest BCUT2D eigenvalue weighted by molar-refractivity contribution is -0.274. The highest BCUT2D eigenvalue weighted by molar-refractivity contribution is 8.15. The average molecular weight is 611 g/mol. The van der Waals surface area contributed by atoms with Crippen LogP contribution in [0.1, 0.15) is 16.7 Å². The fraction of sp³-hybridized carbons (Fsp3) is 0.207. The Hall–Kier alpha value is -4.23. The first kappa shape index (κ1) is 29.3. The summed E-state index contributed by atoms with van der Waals surface area (Å²) in [4.78, 5) is 23.1. The van der Waals surface area contributed by atoms with E-state index in [0.29, 0.717) is 40.5 Å². The molecule has 8 nitrogen and oxygen atoms in total. The Morgan fingerprint density at radius 3 is 2.67 bits per heavy atom. The van der Waals surface area contributed by atoms with E-state index < -0.39 is 6.36 Å². The Balaban J connectivity index is 1.20. The lowest BCUT2D eigenvalue weighted by Gasteiger charge is -2.19. The molecule has 0 aliphatic carbocycles. The molecule has 0 bridgehead atoms. The molecule has 1 fully saturated rings. The predicted molar refractivity (Wildman–Crippen MR) is 161 cm³/mol. The van der Waals surface area contributed by atoms with Gasteiger partial charge in [-0.2, -0.15) is 4.99 Å². The molecule has 1 saturated heterocycles. The Bertz CT molecular complexity index is 1650. The summed E-state index contributed by atoms with van der Waals surface area (Å²) in [7, 11) is 0. The topological polar surface area (TPSA) is 84.6 Å². The maximum atomic E-state index is 12.6. The van der Waals surface area contributed by atoms with Crippen LogP contribution in [-0.4, -0.2) is 49.6 Å². The standard InChI is InChI=1S/C29H25F3N6O2S2/c1-18-6-7-19(2)24(14-18)38-25(39)16-42-28(38)35-27(41)33-13-12-20-4-3-5-21(15-20)26-34-17-37(36-26)22-8-10-23(11-9-22)40-29(30,31)32/h3-11,14-15,17H,12-13,16H2,1-2H3,(H,33,41). The van der Waals surface area contributed by atoms with Gasteiger partial charge in [-0.1, -0.05) is 42.1 Å². The van der Waals surface area contributed by atoms with Gasteiger partial charge in [0.05, 0.1) is 17.1 Å². The minimum absolute atomic E-state index is 0.0319. The number of benzene rings is 3. The lowest BCUT2D eigenvalue weighted by atomic mass is 10.1. The maximum absolute atomic E-state index is 12.6. The first-order valence-corrected chi connectivity index (χ1v) is 14.2. The van der Waals surface area contributed by atoms with E-state index in [1.165, 1.54) is 47.0 Å². The number of nitrogens with one attached hydrogen (secondary N) is 1. The highest BCUT2D eigenvalue weighted by Gasteiger charge is 2.32. The van der Waals surface area contributed by atoms with Crippen molar-refractivity contribution in [2.75, 3.05) is 17.2 Å². The van der Waals surface area contributed by atoms with Crippen molar-refractivity contribution in [1.29, 1.82) is 0 Å². The molecule has 216 valence electrons. The van der Waals surface area contributed by atoms with E-state index in [1.807, 2.05) is 56.3 Å². The van der Waals surface area contributed by atoms with Crippen LogP contribution in [0.2, 0.25) is 0 Å². The predicted octanol–water partition coefficient (Wildman–Crippen LogP) is 6.00. The summed E-state index contributed by atoms with van der Waals surface area (Å²) in [5, 5.41) is 8.47. The third kappa shape index (κ3) is 7.15. The van der Waals surface area contributed by atoms with Gasteiger partial charge in [-0.15, -0.1) is 18.3 Å². The van der Waals surface area contributed by atoms with Crippen molar-refractivity contribution in [1.82, 2.24) is 20.1 Å². The van der Waals surface area contributed by atoms with Gasteiger partial charge in [-0.05, 0) is 85.6 Å². The fourth-order valence-corrected chi connectivity index (χ4v) is 5.38. The van der Waals surface area contributed by atoms with Gasteiger partial charge in [0.2, 0.25) is 5.91 Å². The number of thioether (sulfide) groups is 1. The first-order valence-electron chi connectivity index (χ1n) is 12.8. The molecule has 3 aromatic carbocycles. The number of nitrogens with zero attached hydrogens (tertiary/aromatic N) is 5. The molecule has 1 amide bonds. The third-order valence-corrected chi connectivity index (χ3v) is 7.43. The second-order valence-electron chi connectivity index (χ2n) is 9.44. The smallest absolute Gasteiger partial charge is 0.406 e. The van der Waals surface area contributed by atoms with Gasteiger partial charge in [0.15, 0.2) is 16.1 Å². The largest absolute Gasteiger partial charge is 0.573 e. The van der Waals surface area contributed by atoms with Crippen molar-refractivity contribution in [3.8, 4) is 22.8 Å². The number of rotatable bonds is 7. The van der Waals surface area contributed by atoms with Gasteiger partial charge in [-0.3, -0.25) is 9.69 Å². The van der Waals surface area contributed by atoms with E-state index in [0.717, 1.165) is 27.9 Å². The van der Waals surface area contributed by atoms with Crippen LogP contribution in [-0.2, 0) is 11.2 Å². The van der Waals surface area contributed by atoms with E-state index in [9.17, 15) is 18.0 Å². The van der Waals surface area contributed by atoms with E-state index in [-0.39, 0.29) is 11.7 Å². The molecule has 0 saturated carbocycles. The number of thiocarbonyl (C=S) groups is 1. The molecule has 0 unspecified atom stereocenters. The van der Waals surface area contributed by atoms with Crippen molar-refractivity contribution >= 4 is 45.9 Å². The number of carbonyl (C=O) groups excluding carboxylic acids is 1.